The molecule has 88 valence electrons. The first-order chi connectivity index (χ1) is 7.69. The fourth-order valence-electron chi connectivity index (χ4n) is 0.859. The number of nitrogens with one attached hydrogen (secondary N) is 4. The smallest absolute Gasteiger partial charge is 0.290 e. The highest BCUT2D eigenvalue weighted by Crippen LogP contribution is 1.84. The lowest BCUT2D eigenvalue weighted by atomic mass is 10.5. The monoisotopic (exact) mass is 227 g/mol. The molecule has 9 nitrogen and oxygen atoms in total. The molecule has 6 N–H and O–H groups in total. The lowest BCUT2D eigenvalue weighted by Crippen LogP contribution is -2.47. The van der Waals surface area contributed by atoms with Crippen LogP contribution < -0.4 is 27.2 Å². The molecule has 0 spiro atoms. The van der Waals surface area contributed by atoms with Gasteiger partial charge in [0.2, 0.25) is 11.7 Å². The van der Waals surface area contributed by atoms with Gasteiger partial charge in [-0.05, 0) is 0 Å². The van der Waals surface area contributed by atoms with Crippen molar-refractivity contribution in [3.63, 3.8) is 0 Å². The van der Waals surface area contributed by atoms with E-state index in [2.05, 4.69) is 31.7 Å². The van der Waals surface area contributed by atoms with E-state index >= 15 is 0 Å². The van der Waals surface area contributed by atoms with Gasteiger partial charge in [0, 0.05) is 20.1 Å². The second kappa shape index (κ2) is 5.66. The Balaban J connectivity index is 2.49. The standard InChI is InChI=1S/C7H13N7O2/c1-9-6(15)4-11-13-5(14-12-4)7(16)10-3-2-8/h2-3,8H2,1H3,(H,9,15)(H,10,16)(H,11,12)(H,13,14). The molecule has 0 atom stereocenters. The van der Waals surface area contributed by atoms with Crippen LogP contribution in [0.5, 0.6) is 0 Å². The predicted molar refractivity (Wildman–Crippen MR) is 57.3 cm³/mol. The highest BCUT2D eigenvalue weighted by molar-refractivity contribution is 6.42. The molecule has 1 aliphatic heterocycles. The minimum atomic E-state index is -0.447. The van der Waals surface area contributed by atoms with E-state index in [4.69, 9.17) is 5.73 Å². The summed E-state index contributed by atoms with van der Waals surface area (Å²) in [5.41, 5.74) is 9.92. The number of rotatable bonds is 4. The van der Waals surface area contributed by atoms with Crippen molar-refractivity contribution in [2.24, 2.45) is 15.9 Å². The minimum absolute atomic E-state index is 0.0159. The topological polar surface area (TPSA) is 133 Å². The number of carbonyl (C=O) groups excluding carboxylic acids is 2. The van der Waals surface area contributed by atoms with E-state index in [0.717, 1.165) is 0 Å². The van der Waals surface area contributed by atoms with Crippen LogP contribution in [0.25, 0.3) is 0 Å². The molecule has 0 aromatic rings. The number of likely N-dealkylation sites (N-methyl/N-ethyl adjacent to an activating group) is 1. The van der Waals surface area contributed by atoms with Crippen LogP contribution in [0, 0.1) is 0 Å². The molecule has 9 heteroatoms. The molecule has 0 radical (unpaired) electrons. The van der Waals surface area contributed by atoms with Crippen molar-refractivity contribution in [2.75, 3.05) is 20.1 Å². The molecule has 0 saturated heterocycles. The molecule has 0 aromatic carbocycles. The third-order valence-electron chi connectivity index (χ3n) is 1.63. The number of hydrogen-bond acceptors (Lipinski definition) is 7. The molecule has 0 fully saturated rings. The molecule has 0 bridgehead atoms. The first kappa shape index (κ1) is 11.9. The molecule has 1 heterocycles. The maximum atomic E-state index is 11.3. The summed E-state index contributed by atoms with van der Waals surface area (Å²) < 4.78 is 0. The second-order valence-corrected chi connectivity index (χ2v) is 2.77. The highest BCUT2D eigenvalue weighted by Gasteiger charge is 2.18. The van der Waals surface area contributed by atoms with Crippen LogP contribution in [0.2, 0.25) is 0 Å². The molecule has 0 unspecified atom stereocenters. The predicted octanol–water partition coefficient (Wildman–Crippen LogP) is -3.37. The summed E-state index contributed by atoms with van der Waals surface area (Å²) in [6.07, 6.45) is 0. The van der Waals surface area contributed by atoms with E-state index in [9.17, 15) is 9.59 Å². The van der Waals surface area contributed by atoms with Gasteiger partial charge < -0.3 is 16.4 Å². The Morgan fingerprint density at radius 3 is 2.25 bits per heavy atom. The zero-order chi connectivity index (χ0) is 12.0. The number of hydrogen-bond donors (Lipinski definition) is 5. The van der Waals surface area contributed by atoms with Gasteiger partial charge in [-0.1, -0.05) is 0 Å². The van der Waals surface area contributed by atoms with Gasteiger partial charge >= 0.3 is 0 Å². The fraction of sp³-hybridized carbons (Fsp3) is 0.429. The first-order valence-electron chi connectivity index (χ1n) is 4.56. The van der Waals surface area contributed by atoms with Crippen molar-refractivity contribution >= 4 is 23.5 Å². The van der Waals surface area contributed by atoms with Gasteiger partial charge in [-0.3, -0.25) is 20.4 Å². The Labute approximate surface area is 91.5 Å². The van der Waals surface area contributed by atoms with Crippen molar-refractivity contribution < 1.29 is 9.59 Å². The highest BCUT2D eigenvalue weighted by atomic mass is 16.2. The van der Waals surface area contributed by atoms with Gasteiger partial charge in [0.25, 0.3) is 11.8 Å². The van der Waals surface area contributed by atoms with E-state index in [1.807, 2.05) is 0 Å². The Morgan fingerprint density at radius 2 is 1.81 bits per heavy atom. The summed E-state index contributed by atoms with van der Waals surface area (Å²) in [5, 5.41) is 12.1. The zero-order valence-electron chi connectivity index (χ0n) is 8.70. The largest absolute Gasteiger partial charge is 0.352 e. The van der Waals surface area contributed by atoms with Gasteiger partial charge in [0.05, 0.1) is 0 Å². The average Bonchev–Trinajstić information content (AvgIpc) is 2.35. The maximum absolute atomic E-state index is 11.3. The minimum Gasteiger partial charge on any atom is -0.352 e. The Bertz CT molecular complexity index is 349. The maximum Gasteiger partial charge on any atom is 0.290 e. The number of carbonyl (C=O) groups is 2. The van der Waals surface area contributed by atoms with Crippen LogP contribution in [0.1, 0.15) is 0 Å². The fourth-order valence-corrected chi connectivity index (χ4v) is 0.859. The molecule has 1 rings (SSSR count). The van der Waals surface area contributed by atoms with Crippen LogP contribution in [-0.4, -0.2) is 43.6 Å². The SMILES string of the molecule is CNC(=O)C1=NNC(C(=O)NCCN)=NN1. The van der Waals surface area contributed by atoms with E-state index < -0.39 is 11.8 Å². The average molecular weight is 227 g/mol. The molecular formula is C7H13N7O2. The summed E-state index contributed by atoms with van der Waals surface area (Å²) in [7, 11) is 1.46. The van der Waals surface area contributed by atoms with Gasteiger partial charge in [-0.15, -0.1) is 10.2 Å². The van der Waals surface area contributed by atoms with Crippen molar-refractivity contribution in [1.29, 1.82) is 0 Å². The van der Waals surface area contributed by atoms with Gasteiger partial charge in [0.15, 0.2) is 0 Å². The van der Waals surface area contributed by atoms with Crippen molar-refractivity contribution in [2.45, 2.75) is 0 Å². The number of nitrogens with zero attached hydrogens (tertiary/aromatic N) is 2. The number of amides is 2. The van der Waals surface area contributed by atoms with Crippen LogP contribution >= 0.6 is 0 Å². The number of nitrogens with two attached hydrogens (primary N) is 1. The molecule has 0 aromatic heterocycles. The van der Waals surface area contributed by atoms with E-state index in [1.165, 1.54) is 7.05 Å². The molecule has 16 heavy (non-hydrogen) atoms. The molecule has 0 saturated carbocycles. The third-order valence-corrected chi connectivity index (χ3v) is 1.63. The third kappa shape index (κ3) is 2.92. The van der Waals surface area contributed by atoms with E-state index in [1.54, 1.807) is 0 Å². The quantitative estimate of drug-likeness (QED) is 0.342. The summed E-state index contributed by atoms with van der Waals surface area (Å²) >= 11 is 0. The second-order valence-electron chi connectivity index (χ2n) is 2.77. The molecule has 0 aliphatic carbocycles. The Morgan fingerprint density at radius 1 is 1.25 bits per heavy atom. The Kier molecular flexibility index (Phi) is 4.21. The number of amidine groups is 2. The van der Waals surface area contributed by atoms with Crippen LogP contribution in [0.15, 0.2) is 10.2 Å². The zero-order valence-corrected chi connectivity index (χ0v) is 8.70. The summed E-state index contributed by atoms with van der Waals surface area (Å²) in [4.78, 5) is 22.4. The van der Waals surface area contributed by atoms with E-state index in [0.29, 0.717) is 13.1 Å². The molecular weight excluding hydrogens is 214 g/mol. The molecule has 1 aliphatic rings. The van der Waals surface area contributed by atoms with Crippen molar-refractivity contribution in [1.82, 2.24) is 21.5 Å². The van der Waals surface area contributed by atoms with Gasteiger partial charge in [-0.2, -0.15) is 0 Å². The van der Waals surface area contributed by atoms with Crippen LogP contribution in [0.4, 0.5) is 0 Å². The first-order valence-corrected chi connectivity index (χ1v) is 4.56. The van der Waals surface area contributed by atoms with Crippen molar-refractivity contribution in [3.05, 3.63) is 0 Å². The van der Waals surface area contributed by atoms with Crippen LogP contribution in [-0.2, 0) is 9.59 Å². The summed E-state index contributed by atoms with van der Waals surface area (Å²) in [5.74, 6) is -0.922. The van der Waals surface area contributed by atoms with Gasteiger partial charge in [0.1, 0.15) is 0 Å². The summed E-state index contributed by atoms with van der Waals surface area (Å²) in [6.45, 7) is 0.671. The molecule has 2 amide bonds. The lowest BCUT2D eigenvalue weighted by molar-refractivity contribution is -0.116. The summed E-state index contributed by atoms with van der Waals surface area (Å²) in [6, 6.07) is 0. The number of hydrazone groups is 2. The normalized spacial score (nSPS) is 13.9. The van der Waals surface area contributed by atoms with Crippen LogP contribution in [0.3, 0.4) is 0 Å². The van der Waals surface area contributed by atoms with Crippen molar-refractivity contribution in [3.8, 4) is 0 Å². The van der Waals surface area contributed by atoms with Gasteiger partial charge in [-0.25, -0.2) is 0 Å². The van der Waals surface area contributed by atoms with E-state index in [-0.39, 0.29) is 11.7 Å². The Hall–Kier alpha value is -2.16. The lowest BCUT2D eigenvalue weighted by Gasteiger charge is -2.13.